The number of carbonyl (C=O) groups excluding carboxylic acids is 1. The van der Waals surface area contributed by atoms with E-state index in [4.69, 9.17) is 9.72 Å². The van der Waals surface area contributed by atoms with Crippen LogP contribution < -0.4 is 5.32 Å². The molecule has 0 bridgehead atoms. The summed E-state index contributed by atoms with van der Waals surface area (Å²) in [6.07, 6.45) is 5.12. The molecular weight excluding hydrogens is 456 g/mol. The minimum Gasteiger partial charge on any atom is -0.376 e. The number of likely N-dealkylation sites (tertiary alicyclic amines) is 1. The van der Waals surface area contributed by atoms with E-state index in [9.17, 15) is 4.79 Å². The lowest BCUT2D eigenvalue weighted by molar-refractivity contribution is -0.160. The zero-order valence-electron chi connectivity index (χ0n) is 21.0. The smallest absolute Gasteiger partial charge is 0.249 e. The highest BCUT2D eigenvalue weighted by Crippen LogP contribution is 2.46. The zero-order chi connectivity index (χ0) is 25.2. The summed E-state index contributed by atoms with van der Waals surface area (Å²) >= 11 is 0. The monoisotopic (exact) mass is 484 g/mol. The molecule has 1 aromatic carbocycles. The Bertz CT molecular complexity index is 1510. The molecule has 2 aliphatic heterocycles. The third-order valence-corrected chi connectivity index (χ3v) is 7.57. The molecule has 0 aliphatic carbocycles. The molecule has 1 fully saturated rings. The summed E-state index contributed by atoms with van der Waals surface area (Å²) in [6.45, 7) is 9.99. The summed E-state index contributed by atoms with van der Waals surface area (Å²) < 4.78 is 7.67. The van der Waals surface area contributed by atoms with Gasteiger partial charge in [-0.1, -0.05) is 6.07 Å². The number of ether oxygens (including phenoxy) is 1. The van der Waals surface area contributed by atoms with E-state index in [0.29, 0.717) is 31.0 Å². The van der Waals surface area contributed by atoms with Crippen molar-refractivity contribution in [3.05, 3.63) is 48.3 Å². The number of aryl methyl sites for hydroxylation is 2. The second-order valence-corrected chi connectivity index (χ2v) is 9.89. The Hall–Kier alpha value is -3.76. The minimum absolute atomic E-state index is 0.0300. The topological polar surface area (TPSA) is 111 Å². The fraction of sp³-hybridized carbons (Fsp3) is 0.385. The molecule has 0 saturated carbocycles. The summed E-state index contributed by atoms with van der Waals surface area (Å²) in [6, 6.07) is 5.97. The first-order chi connectivity index (χ1) is 17.3. The molecule has 1 unspecified atom stereocenters. The largest absolute Gasteiger partial charge is 0.376 e. The number of hydrogen-bond donors (Lipinski definition) is 1. The highest BCUT2D eigenvalue weighted by molar-refractivity contribution is 6.06. The third kappa shape index (κ3) is 3.17. The second kappa shape index (κ2) is 7.87. The van der Waals surface area contributed by atoms with Crippen LogP contribution in [-0.4, -0.2) is 66.1 Å². The Labute approximate surface area is 208 Å². The highest BCUT2D eigenvalue weighted by atomic mass is 16.5. The highest BCUT2D eigenvalue weighted by Gasteiger charge is 2.55. The van der Waals surface area contributed by atoms with Crippen LogP contribution in [0.25, 0.3) is 33.8 Å². The number of nitrogens with zero attached hydrogens (tertiary/aromatic N) is 7. The average molecular weight is 485 g/mol. The molecule has 10 nitrogen and oxygen atoms in total. The van der Waals surface area contributed by atoms with Gasteiger partial charge in [-0.2, -0.15) is 0 Å². The van der Waals surface area contributed by atoms with Gasteiger partial charge in [0.25, 0.3) is 0 Å². The predicted octanol–water partition coefficient (Wildman–Crippen LogP) is 3.17. The van der Waals surface area contributed by atoms with Gasteiger partial charge in [-0.25, -0.2) is 24.9 Å². The maximum atomic E-state index is 13.2. The molecule has 1 saturated heterocycles. The molecule has 36 heavy (non-hydrogen) atoms. The van der Waals surface area contributed by atoms with Crippen LogP contribution in [0, 0.1) is 6.92 Å². The standard InChI is InChI=1S/C26H28N8O2/c1-6-34-22(17-10-27-15(2)28-11-17)32-21-20(29-14-30-23(21)34)16-7-8-19-18(9-16)26(4,24(35)31-19)33-12-25(3,13-33)36-5/h7-11,14H,6,12-13H2,1-5H3,(H,31,35). The van der Waals surface area contributed by atoms with Crippen LogP contribution in [0.4, 0.5) is 5.69 Å². The number of imidazole rings is 1. The van der Waals surface area contributed by atoms with Crippen molar-refractivity contribution < 1.29 is 9.53 Å². The van der Waals surface area contributed by atoms with E-state index < -0.39 is 5.54 Å². The van der Waals surface area contributed by atoms with Crippen LogP contribution in [0.3, 0.4) is 0 Å². The molecule has 1 amide bonds. The first-order valence-electron chi connectivity index (χ1n) is 12.0. The molecule has 3 aromatic heterocycles. The molecule has 5 heterocycles. The lowest BCUT2D eigenvalue weighted by Gasteiger charge is -2.53. The van der Waals surface area contributed by atoms with Crippen LogP contribution in [0.5, 0.6) is 0 Å². The zero-order valence-corrected chi connectivity index (χ0v) is 21.0. The van der Waals surface area contributed by atoms with E-state index in [1.165, 1.54) is 0 Å². The van der Waals surface area contributed by atoms with Crippen LogP contribution in [-0.2, 0) is 21.6 Å². The fourth-order valence-corrected chi connectivity index (χ4v) is 5.27. The Kier molecular flexibility index (Phi) is 4.96. The third-order valence-electron chi connectivity index (χ3n) is 7.57. The molecule has 2 aliphatic rings. The Balaban J connectivity index is 1.47. The van der Waals surface area contributed by atoms with E-state index in [1.54, 1.807) is 25.8 Å². The lowest BCUT2D eigenvalue weighted by atomic mass is 9.83. The van der Waals surface area contributed by atoms with E-state index >= 15 is 0 Å². The normalized spacial score (nSPS) is 20.9. The molecule has 4 aromatic rings. The number of amides is 1. The first kappa shape index (κ1) is 22.7. The van der Waals surface area contributed by atoms with Gasteiger partial charge in [0.05, 0.1) is 11.2 Å². The molecular formula is C26H28N8O2. The summed E-state index contributed by atoms with van der Waals surface area (Å²) in [5, 5.41) is 3.06. The molecule has 0 radical (unpaired) electrons. The summed E-state index contributed by atoms with van der Waals surface area (Å²) in [5.41, 5.74) is 4.58. The van der Waals surface area contributed by atoms with E-state index in [2.05, 4.69) is 50.1 Å². The number of benzene rings is 1. The maximum absolute atomic E-state index is 13.2. The lowest BCUT2D eigenvalue weighted by Crippen LogP contribution is -2.68. The van der Waals surface area contributed by atoms with Gasteiger partial charge in [-0.05, 0) is 39.8 Å². The number of carbonyl (C=O) groups is 1. The molecule has 1 N–H and O–H groups in total. The van der Waals surface area contributed by atoms with Crippen molar-refractivity contribution in [2.24, 2.45) is 0 Å². The van der Waals surface area contributed by atoms with Crippen molar-refractivity contribution in [3.63, 3.8) is 0 Å². The number of methoxy groups -OCH3 is 1. The van der Waals surface area contributed by atoms with Gasteiger partial charge in [-0.15, -0.1) is 0 Å². The maximum Gasteiger partial charge on any atom is 0.249 e. The fourth-order valence-electron chi connectivity index (χ4n) is 5.27. The minimum atomic E-state index is -0.789. The number of nitrogens with one attached hydrogen (secondary N) is 1. The Morgan fingerprint density at radius 1 is 1.08 bits per heavy atom. The second-order valence-electron chi connectivity index (χ2n) is 9.89. The number of rotatable bonds is 5. The van der Waals surface area contributed by atoms with Crippen molar-refractivity contribution >= 4 is 22.8 Å². The predicted molar refractivity (Wildman–Crippen MR) is 135 cm³/mol. The van der Waals surface area contributed by atoms with Crippen molar-refractivity contribution in [3.8, 4) is 22.6 Å². The summed E-state index contributed by atoms with van der Waals surface area (Å²) in [7, 11) is 1.72. The van der Waals surface area contributed by atoms with Gasteiger partial charge in [0.15, 0.2) is 5.65 Å². The number of fused-ring (bicyclic) bond motifs is 2. The Morgan fingerprint density at radius 2 is 1.83 bits per heavy atom. The molecule has 6 rings (SSSR count). The quantitative estimate of drug-likeness (QED) is 0.460. The van der Waals surface area contributed by atoms with E-state index in [1.807, 2.05) is 30.5 Å². The number of hydrogen-bond acceptors (Lipinski definition) is 8. The SMILES string of the molecule is CCn1c(-c2cnc(C)nc2)nc2c(-c3ccc4c(c3)C(C)(N3CC(C)(OC)C3)C(=O)N4)ncnc21. The van der Waals surface area contributed by atoms with Gasteiger partial charge in [0, 0.05) is 56.0 Å². The molecule has 1 atom stereocenters. The van der Waals surface area contributed by atoms with Gasteiger partial charge in [-0.3, -0.25) is 9.69 Å². The van der Waals surface area contributed by atoms with Crippen molar-refractivity contribution in [2.45, 2.75) is 45.4 Å². The van der Waals surface area contributed by atoms with Crippen molar-refractivity contribution in [1.82, 2.24) is 34.4 Å². The first-order valence-corrected chi connectivity index (χ1v) is 12.0. The number of anilines is 1. The van der Waals surface area contributed by atoms with Crippen LogP contribution >= 0.6 is 0 Å². The van der Waals surface area contributed by atoms with Crippen LogP contribution in [0.2, 0.25) is 0 Å². The van der Waals surface area contributed by atoms with Crippen molar-refractivity contribution in [2.75, 3.05) is 25.5 Å². The average Bonchev–Trinajstić information content (AvgIpc) is 3.37. The number of aromatic nitrogens is 6. The summed E-state index contributed by atoms with van der Waals surface area (Å²) in [4.78, 5) is 38.1. The van der Waals surface area contributed by atoms with Gasteiger partial charge in [0.2, 0.25) is 5.91 Å². The Morgan fingerprint density at radius 3 is 2.53 bits per heavy atom. The van der Waals surface area contributed by atoms with E-state index in [-0.39, 0.29) is 11.5 Å². The van der Waals surface area contributed by atoms with Crippen LogP contribution in [0.1, 0.15) is 32.2 Å². The van der Waals surface area contributed by atoms with Gasteiger partial charge < -0.3 is 14.6 Å². The molecule has 10 heteroatoms. The van der Waals surface area contributed by atoms with Crippen LogP contribution in [0.15, 0.2) is 36.9 Å². The molecule has 0 spiro atoms. The van der Waals surface area contributed by atoms with E-state index in [0.717, 1.165) is 39.5 Å². The van der Waals surface area contributed by atoms with Gasteiger partial charge in [0.1, 0.15) is 34.7 Å². The summed E-state index contributed by atoms with van der Waals surface area (Å²) in [5.74, 6) is 1.42. The van der Waals surface area contributed by atoms with Gasteiger partial charge >= 0.3 is 0 Å². The molecule has 184 valence electrons. The van der Waals surface area contributed by atoms with Crippen molar-refractivity contribution in [1.29, 1.82) is 0 Å².